The Bertz CT molecular complexity index is 858. The highest BCUT2D eigenvalue weighted by atomic mass is 16.4. The Hall–Kier alpha value is -2.98. The van der Waals surface area contributed by atoms with Crippen molar-refractivity contribution in [2.24, 2.45) is 0 Å². The van der Waals surface area contributed by atoms with Gasteiger partial charge in [-0.15, -0.1) is 0 Å². The van der Waals surface area contributed by atoms with Crippen LogP contribution in [-0.2, 0) is 0 Å². The lowest BCUT2D eigenvalue weighted by atomic mass is 9.95. The van der Waals surface area contributed by atoms with Gasteiger partial charge in [-0.3, -0.25) is 4.98 Å². The Kier molecular flexibility index (Phi) is 4.40. The number of carboxylic acids is 1. The zero-order chi connectivity index (χ0) is 17.1. The van der Waals surface area contributed by atoms with Gasteiger partial charge < -0.3 is 10.2 Å². The number of rotatable bonds is 4. The van der Waals surface area contributed by atoms with E-state index < -0.39 is 12.1 Å². The number of benzene rings is 2. The molecule has 4 heteroatoms. The van der Waals surface area contributed by atoms with Gasteiger partial charge in [-0.05, 0) is 53.9 Å². The molecule has 2 aromatic carbocycles. The van der Waals surface area contributed by atoms with Crippen LogP contribution in [0, 0.1) is 6.92 Å². The Morgan fingerprint density at radius 3 is 2.38 bits per heavy atom. The summed E-state index contributed by atoms with van der Waals surface area (Å²) in [5.41, 5.74) is 3.90. The van der Waals surface area contributed by atoms with E-state index in [2.05, 4.69) is 4.98 Å². The van der Waals surface area contributed by atoms with Gasteiger partial charge in [0.15, 0.2) is 0 Å². The summed E-state index contributed by atoms with van der Waals surface area (Å²) in [4.78, 5) is 15.6. The third kappa shape index (κ3) is 3.34. The topological polar surface area (TPSA) is 70.4 Å². The first-order chi connectivity index (χ1) is 11.5. The summed E-state index contributed by atoms with van der Waals surface area (Å²) in [6.45, 7) is 1.99. The highest BCUT2D eigenvalue weighted by molar-refractivity contribution is 5.90. The van der Waals surface area contributed by atoms with Crippen molar-refractivity contribution in [2.75, 3.05) is 0 Å². The summed E-state index contributed by atoms with van der Waals surface area (Å²) in [5, 5.41) is 19.9. The summed E-state index contributed by atoms with van der Waals surface area (Å²) in [6.07, 6.45) is 0.621. The van der Waals surface area contributed by atoms with Crippen molar-refractivity contribution in [2.45, 2.75) is 13.0 Å². The number of hydrogen-bond acceptors (Lipinski definition) is 3. The fraction of sp³-hybridized carbons (Fsp3) is 0.100. The number of carbonyl (C=O) groups is 1. The van der Waals surface area contributed by atoms with Crippen molar-refractivity contribution in [3.05, 3.63) is 89.2 Å². The fourth-order valence-electron chi connectivity index (χ4n) is 2.55. The minimum absolute atomic E-state index is 0.137. The molecule has 24 heavy (non-hydrogen) atoms. The molecule has 0 aliphatic rings. The van der Waals surface area contributed by atoms with Crippen LogP contribution >= 0.6 is 0 Å². The van der Waals surface area contributed by atoms with E-state index in [1.165, 1.54) is 6.07 Å². The Balaban J connectivity index is 2.09. The molecule has 0 aliphatic carbocycles. The quantitative estimate of drug-likeness (QED) is 0.766. The van der Waals surface area contributed by atoms with Crippen LogP contribution in [0.25, 0.3) is 11.1 Å². The average molecular weight is 319 g/mol. The van der Waals surface area contributed by atoms with Crippen LogP contribution in [0.1, 0.15) is 33.3 Å². The molecule has 0 fully saturated rings. The van der Waals surface area contributed by atoms with Crippen LogP contribution in [-0.4, -0.2) is 21.2 Å². The lowest BCUT2D eigenvalue weighted by Crippen LogP contribution is -2.05. The summed E-state index contributed by atoms with van der Waals surface area (Å²) < 4.78 is 0. The minimum atomic E-state index is -1.03. The molecule has 0 radical (unpaired) electrons. The van der Waals surface area contributed by atoms with E-state index in [9.17, 15) is 15.0 Å². The van der Waals surface area contributed by atoms with Crippen LogP contribution in [0.15, 0.2) is 66.9 Å². The van der Waals surface area contributed by atoms with Crippen molar-refractivity contribution in [3.63, 3.8) is 0 Å². The van der Waals surface area contributed by atoms with Gasteiger partial charge in [-0.25, -0.2) is 4.79 Å². The van der Waals surface area contributed by atoms with Gasteiger partial charge in [0.2, 0.25) is 0 Å². The molecule has 3 aromatic rings. The van der Waals surface area contributed by atoms with Crippen molar-refractivity contribution in [3.8, 4) is 11.1 Å². The van der Waals surface area contributed by atoms with E-state index in [1.54, 1.807) is 36.5 Å². The summed E-state index contributed by atoms with van der Waals surface area (Å²) >= 11 is 0. The maximum Gasteiger partial charge on any atom is 0.335 e. The second-order valence-corrected chi connectivity index (χ2v) is 5.67. The fourth-order valence-corrected chi connectivity index (χ4v) is 2.55. The average Bonchev–Trinajstić information content (AvgIpc) is 2.62. The third-order valence-electron chi connectivity index (χ3n) is 3.87. The zero-order valence-corrected chi connectivity index (χ0v) is 13.2. The van der Waals surface area contributed by atoms with E-state index in [4.69, 9.17) is 0 Å². The summed E-state index contributed by atoms with van der Waals surface area (Å²) in [6, 6.07) is 18.0. The van der Waals surface area contributed by atoms with E-state index in [-0.39, 0.29) is 5.56 Å². The predicted molar refractivity (Wildman–Crippen MR) is 91.9 cm³/mol. The third-order valence-corrected chi connectivity index (χ3v) is 3.87. The Morgan fingerprint density at radius 2 is 1.75 bits per heavy atom. The number of aromatic nitrogens is 1. The number of aryl methyl sites for hydroxylation is 1. The number of nitrogens with zero attached hydrogens (tertiary/aromatic N) is 1. The van der Waals surface area contributed by atoms with Crippen LogP contribution in [0.4, 0.5) is 0 Å². The molecule has 2 N–H and O–H groups in total. The maximum absolute atomic E-state index is 11.5. The zero-order valence-electron chi connectivity index (χ0n) is 13.2. The van der Waals surface area contributed by atoms with E-state index in [0.717, 1.165) is 16.7 Å². The van der Waals surface area contributed by atoms with Gasteiger partial charge >= 0.3 is 5.97 Å². The first-order valence-electron chi connectivity index (χ1n) is 7.59. The van der Waals surface area contributed by atoms with Crippen molar-refractivity contribution >= 4 is 5.97 Å². The van der Waals surface area contributed by atoms with Gasteiger partial charge in [0.25, 0.3) is 0 Å². The number of hydrogen-bond donors (Lipinski definition) is 2. The Labute approximate surface area is 140 Å². The van der Waals surface area contributed by atoms with Crippen LogP contribution in [0.2, 0.25) is 0 Å². The van der Waals surface area contributed by atoms with E-state index in [0.29, 0.717) is 11.3 Å². The van der Waals surface area contributed by atoms with Gasteiger partial charge in [0.1, 0.15) is 6.10 Å². The molecule has 0 saturated carbocycles. The highest BCUT2D eigenvalue weighted by Crippen LogP contribution is 2.28. The molecule has 0 amide bonds. The second-order valence-electron chi connectivity index (χ2n) is 5.67. The molecular weight excluding hydrogens is 302 g/mol. The molecule has 3 rings (SSSR count). The molecule has 120 valence electrons. The number of aliphatic hydroxyl groups excluding tert-OH is 1. The second kappa shape index (κ2) is 6.64. The smallest absolute Gasteiger partial charge is 0.335 e. The number of aromatic carboxylic acids is 1. The lowest BCUT2D eigenvalue weighted by Gasteiger charge is -2.13. The normalized spacial score (nSPS) is 11.9. The van der Waals surface area contributed by atoms with Gasteiger partial charge in [0, 0.05) is 6.20 Å². The van der Waals surface area contributed by atoms with Crippen molar-refractivity contribution in [1.29, 1.82) is 0 Å². The predicted octanol–water partition coefficient (Wildman–Crippen LogP) is 3.84. The molecule has 0 aliphatic heterocycles. The van der Waals surface area contributed by atoms with Crippen LogP contribution in [0.3, 0.4) is 0 Å². The van der Waals surface area contributed by atoms with E-state index >= 15 is 0 Å². The minimum Gasteiger partial charge on any atom is -0.478 e. The Morgan fingerprint density at radius 1 is 1.00 bits per heavy atom. The lowest BCUT2D eigenvalue weighted by molar-refractivity contribution is 0.0696. The molecular formula is C20H17NO3. The molecule has 1 aromatic heterocycles. The number of carboxylic acid groups (broad SMARTS) is 1. The first-order valence-corrected chi connectivity index (χ1v) is 7.59. The molecule has 0 bridgehead atoms. The first kappa shape index (κ1) is 15.9. The van der Waals surface area contributed by atoms with Gasteiger partial charge in [-0.2, -0.15) is 0 Å². The van der Waals surface area contributed by atoms with Gasteiger partial charge in [0.05, 0.1) is 11.3 Å². The molecule has 4 nitrogen and oxygen atoms in total. The van der Waals surface area contributed by atoms with Crippen LogP contribution < -0.4 is 0 Å². The van der Waals surface area contributed by atoms with Gasteiger partial charge in [-0.1, -0.05) is 35.9 Å². The number of pyridine rings is 1. The molecule has 1 heterocycles. The highest BCUT2D eigenvalue weighted by Gasteiger charge is 2.16. The van der Waals surface area contributed by atoms with E-state index in [1.807, 2.05) is 31.2 Å². The monoisotopic (exact) mass is 319 g/mol. The SMILES string of the molecule is Cc1ccc(-c2cc(C(=O)O)cc(C(O)c3ccccn3)c2)cc1. The largest absolute Gasteiger partial charge is 0.478 e. The van der Waals surface area contributed by atoms with Crippen molar-refractivity contribution in [1.82, 2.24) is 4.98 Å². The molecule has 1 unspecified atom stereocenters. The maximum atomic E-state index is 11.5. The van der Waals surface area contributed by atoms with Crippen LogP contribution in [0.5, 0.6) is 0 Å². The standard InChI is InChI=1S/C20H17NO3/c1-13-5-7-14(8-6-13)15-10-16(12-17(11-15)20(23)24)19(22)18-4-2-3-9-21-18/h2-12,19,22H,1H3,(H,23,24). The molecule has 0 saturated heterocycles. The van der Waals surface area contributed by atoms with Crippen molar-refractivity contribution < 1.29 is 15.0 Å². The summed E-state index contributed by atoms with van der Waals surface area (Å²) in [7, 11) is 0. The summed E-state index contributed by atoms with van der Waals surface area (Å²) in [5.74, 6) is -1.03. The molecule has 1 atom stereocenters. The number of aliphatic hydroxyl groups is 1. The molecule has 0 spiro atoms.